The zero-order valence-corrected chi connectivity index (χ0v) is 14.3. The third-order valence-electron chi connectivity index (χ3n) is 2.66. The van der Waals surface area contributed by atoms with Crippen molar-refractivity contribution in [1.29, 1.82) is 0 Å². The fourth-order valence-corrected chi connectivity index (χ4v) is 2.03. The zero-order valence-electron chi connectivity index (χ0n) is 13.6. The topological polar surface area (TPSA) is 81.9 Å². The maximum Gasteiger partial charge on any atom is 0.413 e. The minimum atomic E-state index is -0.605. The first-order chi connectivity index (χ1) is 9.97. The molecule has 120 valence electrons. The number of anilines is 1. The van der Waals surface area contributed by atoms with Crippen molar-refractivity contribution in [2.45, 2.75) is 52.7 Å². The van der Waals surface area contributed by atoms with Crippen LogP contribution in [0.5, 0.6) is 0 Å². The van der Waals surface area contributed by atoms with Gasteiger partial charge in [-0.2, -0.15) is 15.1 Å². The van der Waals surface area contributed by atoms with Crippen LogP contribution in [0.25, 0.3) is 11.0 Å². The number of fused-ring (bicyclic) bond motifs is 1. The van der Waals surface area contributed by atoms with E-state index in [0.717, 1.165) is 0 Å². The van der Waals surface area contributed by atoms with Gasteiger partial charge in [0, 0.05) is 0 Å². The van der Waals surface area contributed by atoms with Gasteiger partial charge in [-0.1, -0.05) is 0 Å². The third-order valence-corrected chi connectivity index (χ3v) is 2.82. The van der Waals surface area contributed by atoms with Crippen LogP contribution in [0.15, 0.2) is 6.20 Å². The van der Waals surface area contributed by atoms with Crippen molar-refractivity contribution in [3.05, 3.63) is 11.5 Å². The first kappa shape index (κ1) is 16.5. The lowest BCUT2D eigenvalue weighted by atomic mass is 10.1. The molecule has 8 heteroatoms. The summed E-state index contributed by atoms with van der Waals surface area (Å²) < 4.78 is 6.96. The summed E-state index contributed by atoms with van der Waals surface area (Å²) in [6.07, 6.45) is 0.996. The van der Waals surface area contributed by atoms with Gasteiger partial charge in [-0.05, 0) is 53.1 Å². The Hall–Kier alpha value is -1.89. The Morgan fingerprint density at radius 3 is 2.41 bits per heavy atom. The fourth-order valence-electron chi connectivity index (χ4n) is 1.87. The number of rotatable bonds is 1. The summed E-state index contributed by atoms with van der Waals surface area (Å²) in [5, 5.41) is 7.54. The summed E-state index contributed by atoms with van der Waals surface area (Å²) in [7, 11) is 0. The smallest absolute Gasteiger partial charge is 0.413 e. The van der Waals surface area contributed by atoms with Crippen molar-refractivity contribution in [1.82, 2.24) is 19.7 Å². The Kier molecular flexibility index (Phi) is 4.04. The van der Waals surface area contributed by atoms with E-state index in [1.165, 1.54) is 0 Å². The molecule has 2 heterocycles. The van der Waals surface area contributed by atoms with E-state index < -0.39 is 11.7 Å². The number of carbonyl (C=O) groups is 1. The molecule has 0 unspecified atom stereocenters. The molecule has 0 saturated carbocycles. The quantitative estimate of drug-likeness (QED) is 0.810. The summed E-state index contributed by atoms with van der Waals surface area (Å²) >= 11 is 5.96. The summed E-state index contributed by atoms with van der Waals surface area (Å²) in [5.41, 5.74) is -0.323. The highest BCUT2D eigenvalue weighted by atomic mass is 35.5. The van der Waals surface area contributed by atoms with Crippen LogP contribution in [-0.4, -0.2) is 31.4 Å². The second-order valence-corrected chi connectivity index (χ2v) is 7.27. The number of carbonyl (C=O) groups excluding carboxylic acids is 1. The molecule has 0 aliphatic rings. The van der Waals surface area contributed by atoms with Crippen molar-refractivity contribution in [2.24, 2.45) is 0 Å². The van der Waals surface area contributed by atoms with E-state index in [1.807, 2.05) is 20.8 Å². The standard InChI is InChI=1S/C14H20ClN5O2/c1-13(2,3)20-10-8(7-16-20)9(17-11(15)19-10)18-12(21)22-14(4,5)6/h7H,1-6H3,(H,17,18,19,21). The van der Waals surface area contributed by atoms with Gasteiger partial charge in [0.05, 0.1) is 17.1 Å². The lowest BCUT2D eigenvalue weighted by Gasteiger charge is -2.20. The van der Waals surface area contributed by atoms with Gasteiger partial charge in [0.25, 0.3) is 0 Å². The summed E-state index contributed by atoms with van der Waals surface area (Å²) in [6.45, 7) is 11.3. The summed E-state index contributed by atoms with van der Waals surface area (Å²) in [5.74, 6) is 0.278. The second kappa shape index (κ2) is 5.39. The van der Waals surface area contributed by atoms with Gasteiger partial charge in [0.2, 0.25) is 5.28 Å². The molecule has 1 N–H and O–H groups in total. The molecule has 7 nitrogen and oxygen atoms in total. The number of amides is 1. The Labute approximate surface area is 134 Å². The highest BCUT2D eigenvalue weighted by Crippen LogP contribution is 2.26. The van der Waals surface area contributed by atoms with Gasteiger partial charge in [-0.3, -0.25) is 5.32 Å². The highest BCUT2D eigenvalue weighted by Gasteiger charge is 2.22. The Morgan fingerprint density at radius 1 is 1.23 bits per heavy atom. The molecule has 0 atom stereocenters. The number of nitrogens with zero attached hydrogens (tertiary/aromatic N) is 4. The zero-order chi connectivity index (χ0) is 16.7. The monoisotopic (exact) mass is 325 g/mol. The number of nitrogens with one attached hydrogen (secondary N) is 1. The number of halogens is 1. The molecule has 2 aromatic heterocycles. The number of hydrogen-bond donors (Lipinski definition) is 1. The van der Waals surface area contributed by atoms with Crippen LogP contribution in [0.4, 0.5) is 10.6 Å². The average molecular weight is 326 g/mol. The van der Waals surface area contributed by atoms with E-state index in [0.29, 0.717) is 11.0 Å². The van der Waals surface area contributed by atoms with Gasteiger partial charge in [-0.25, -0.2) is 9.48 Å². The van der Waals surface area contributed by atoms with Crippen molar-refractivity contribution in [3.63, 3.8) is 0 Å². The van der Waals surface area contributed by atoms with E-state index >= 15 is 0 Å². The Balaban J connectivity index is 2.43. The van der Waals surface area contributed by atoms with E-state index in [1.54, 1.807) is 31.6 Å². The van der Waals surface area contributed by atoms with E-state index in [9.17, 15) is 4.79 Å². The largest absolute Gasteiger partial charge is 0.444 e. The third kappa shape index (κ3) is 3.65. The lowest BCUT2D eigenvalue weighted by Crippen LogP contribution is -2.27. The van der Waals surface area contributed by atoms with E-state index in [4.69, 9.17) is 16.3 Å². The molecule has 0 aliphatic carbocycles. The van der Waals surface area contributed by atoms with Crippen molar-refractivity contribution in [3.8, 4) is 0 Å². The number of hydrogen-bond acceptors (Lipinski definition) is 5. The van der Waals surface area contributed by atoms with Crippen LogP contribution in [-0.2, 0) is 10.3 Å². The summed E-state index contributed by atoms with van der Waals surface area (Å²) in [6, 6.07) is 0. The Bertz CT molecular complexity index is 712. The maximum absolute atomic E-state index is 11.9. The number of aromatic nitrogens is 4. The minimum Gasteiger partial charge on any atom is -0.444 e. The van der Waals surface area contributed by atoms with Crippen LogP contribution in [0, 0.1) is 0 Å². The molecule has 0 radical (unpaired) electrons. The van der Waals surface area contributed by atoms with Gasteiger partial charge >= 0.3 is 6.09 Å². The molecule has 2 aromatic rings. The lowest BCUT2D eigenvalue weighted by molar-refractivity contribution is 0.0635. The minimum absolute atomic E-state index is 0.0320. The van der Waals surface area contributed by atoms with Crippen LogP contribution in [0.3, 0.4) is 0 Å². The molecule has 1 amide bonds. The van der Waals surface area contributed by atoms with Crippen LogP contribution in [0.1, 0.15) is 41.5 Å². The van der Waals surface area contributed by atoms with Crippen molar-refractivity contribution < 1.29 is 9.53 Å². The number of ether oxygens (including phenoxy) is 1. The normalized spacial score (nSPS) is 12.5. The van der Waals surface area contributed by atoms with E-state index in [2.05, 4.69) is 20.4 Å². The molecular formula is C14H20ClN5O2. The second-order valence-electron chi connectivity index (χ2n) is 6.93. The van der Waals surface area contributed by atoms with Crippen LogP contribution in [0.2, 0.25) is 5.28 Å². The Morgan fingerprint density at radius 2 is 1.86 bits per heavy atom. The molecule has 0 spiro atoms. The maximum atomic E-state index is 11.9. The molecule has 2 rings (SSSR count). The fraction of sp³-hybridized carbons (Fsp3) is 0.571. The first-order valence-corrected chi connectivity index (χ1v) is 7.27. The molecule has 0 aromatic carbocycles. The summed E-state index contributed by atoms with van der Waals surface area (Å²) in [4.78, 5) is 20.2. The van der Waals surface area contributed by atoms with E-state index in [-0.39, 0.29) is 16.6 Å². The molecule has 0 fully saturated rings. The van der Waals surface area contributed by atoms with Gasteiger partial charge < -0.3 is 4.74 Å². The highest BCUT2D eigenvalue weighted by molar-refractivity contribution is 6.28. The van der Waals surface area contributed by atoms with Gasteiger partial charge in [-0.15, -0.1) is 0 Å². The SMILES string of the molecule is CC(C)(C)OC(=O)Nc1nc(Cl)nc2c1cnn2C(C)(C)C. The van der Waals surface area contributed by atoms with Crippen LogP contribution >= 0.6 is 11.6 Å². The van der Waals surface area contributed by atoms with Gasteiger partial charge in [0.1, 0.15) is 5.60 Å². The first-order valence-electron chi connectivity index (χ1n) is 6.89. The molecule has 0 bridgehead atoms. The van der Waals surface area contributed by atoms with Gasteiger partial charge in [0.15, 0.2) is 11.5 Å². The molecular weight excluding hydrogens is 306 g/mol. The van der Waals surface area contributed by atoms with Crippen LogP contribution < -0.4 is 5.32 Å². The van der Waals surface area contributed by atoms with Crippen molar-refractivity contribution in [2.75, 3.05) is 5.32 Å². The molecule has 0 aliphatic heterocycles. The predicted octanol–water partition coefficient (Wildman–Crippen LogP) is 3.58. The van der Waals surface area contributed by atoms with Crippen molar-refractivity contribution >= 4 is 34.5 Å². The average Bonchev–Trinajstić information content (AvgIpc) is 2.68. The molecule has 22 heavy (non-hydrogen) atoms. The predicted molar refractivity (Wildman–Crippen MR) is 85.2 cm³/mol. The molecule has 0 saturated heterocycles.